The van der Waals surface area contributed by atoms with E-state index in [-0.39, 0.29) is 20.7 Å². The van der Waals surface area contributed by atoms with E-state index in [1.165, 1.54) is 18.2 Å². The summed E-state index contributed by atoms with van der Waals surface area (Å²) in [7, 11) is -3.93. The highest BCUT2D eigenvalue weighted by atomic mass is 35.5. The maximum Gasteiger partial charge on any atom is 0.418 e. The van der Waals surface area contributed by atoms with Gasteiger partial charge in [-0.1, -0.05) is 41.4 Å². The van der Waals surface area contributed by atoms with Crippen LogP contribution in [-0.4, -0.2) is 20.9 Å². The Morgan fingerprint density at radius 2 is 1.67 bits per heavy atom. The Balaban J connectivity index is 1.67. The molecule has 0 spiro atoms. The Bertz CT molecular complexity index is 1270. The van der Waals surface area contributed by atoms with Crippen molar-refractivity contribution in [3.63, 3.8) is 0 Å². The first kappa shape index (κ1) is 24.7. The summed E-state index contributed by atoms with van der Waals surface area (Å²) >= 11 is 11.7. The van der Waals surface area contributed by atoms with Crippen molar-refractivity contribution in [3.8, 4) is 5.75 Å². The van der Waals surface area contributed by atoms with Crippen molar-refractivity contribution in [2.75, 3.05) is 16.6 Å². The first-order valence-electron chi connectivity index (χ1n) is 9.12. The van der Waals surface area contributed by atoms with Crippen molar-refractivity contribution in [3.05, 3.63) is 82.3 Å². The number of carbonyl (C=O) groups excluding carboxylic acids is 1. The molecule has 0 heterocycles. The molecule has 6 nitrogen and oxygen atoms in total. The van der Waals surface area contributed by atoms with Crippen molar-refractivity contribution in [1.82, 2.24) is 0 Å². The smallest absolute Gasteiger partial charge is 0.418 e. The highest BCUT2D eigenvalue weighted by Crippen LogP contribution is 2.36. The molecule has 3 aromatic rings. The monoisotopic (exact) mass is 518 g/mol. The highest BCUT2D eigenvalue weighted by Gasteiger charge is 2.34. The van der Waals surface area contributed by atoms with Gasteiger partial charge in [-0.05, 0) is 48.5 Å². The third kappa shape index (κ3) is 6.53. The number of anilines is 2. The number of ether oxygens (including phenoxy) is 1. The topological polar surface area (TPSA) is 84.5 Å². The molecular weight excluding hydrogens is 504 g/mol. The maximum atomic E-state index is 13.1. The van der Waals surface area contributed by atoms with E-state index < -0.39 is 40.0 Å². The number of para-hydroxylation sites is 1. The number of nitrogens with one attached hydrogen (secondary N) is 2. The third-order valence-corrected chi connectivity index (χ3v) is 6.07. The molecule has 33 heavy (non-hydrogen) atoms. The standard InChI is InChI=1S/C21H15Cl2F3N2O4S/c22-13-6-8-18(16(10-13)21(24,25)26)27-20(29)12-32-19-9-7-15(11-17(19)23)33(30,31)28-14-4-2-1-3-5-14/h1-11,28H,12H2,(H,27,29). The summed E-state index contributed by atoms with van der Waals surface area (Å²) in [5, 5.41) is 1.86. The van der Waals surface area contributed by atoms with Crippen LogP contribution in [0.25, 0.3) is 0 Å². The van der Waals surface area contributed by atoms with Crippen LogP contribution in [0.1, 0.15) is 5.56 Å². The first-order valence-corrected chi connectivity index (χ1v) is 11.4. The second-order valence-corrected chi connectivity index (χ2v) is 9.11. The zero-order valence-corrected chi connectivity index (χ0v) is 18.8. The molecule has 0 aliphatic rings. The van der Waals surface area contributed by atoms with Gasteiger partial charge in [0.25, 0.3) is 15.9 Å². The fraction of sp³-hybridized carbons (Fsp3) is 0.0952. The van der Waals surface area contributed by atoms with Gasteiger partial charge in [-0.2, -0.15) is 13.2 Å². The van der Waals surface area contributed by atoms with Crippen LogP contribution in [0.5, 0.6) is 5.75 Å². The van der Waals surface area contributed by atoms with Crippen molar-refractivity contribution in [1.29, 1.82) is 0 Å². The molecule has 0 unspecified atom stereocenters. The van der Waals surface area contributed by atoms with Crippen LogP contribution in [0.4, 0.5) is 24.5 Å². The number of carbonyl (C=O) groups is 1. The summed E-state index contributed by atoms with van der Waals surface area (Å²) in [6, 6.07) is 14.7. The molecule has 0 saturated heterocycles. The van der Waals surface area contributed by atoms with Crippen LogP contribution >= 0.6 is 23.2 Å². The molecule has 0 saturated carbocycles. The van der Waals surface area contributed by atoms with Crippen molar-refractivity contribution in [2.24, 2.45) is 0 Å². The van der Waals surface area contributed by atoms with E-state index in [0.29, 0.717) is 11.8 Å². The van der Waals surface area contributed by atoms with Gasteiger partial charge >= 0.3 is 6.18 Å². The van der Waals surface area contributed by atoms with Crippen molar-refractivity contribution in [2.45, 2.75) is 11.1 Å². The summed E-state index contributed by atoms with van der Waals surface area (Å²) in [5.41, 5.74) is -1.24. The van der Waals surface area contributed by atoms with E-state index in [4.69, 9.17) is 27.9 Å². The number of amides is 1. The molecule has 0 radical (unpaired) electrons. The molecule has 1 amide bonds. The molecule has 3 rings (SSSR count). The lowest BCUT2D eigenvalue weighted by Gasteiger charge is -2.15. The van der Waals surface area contributed by atoms with Crippen LogP contribution < -0.4 is 14.8 Å². The molecule has 0 aliphatic carbocycles. The van der Waals surface area contributed by atoms with Gasteiger partial charge in [0.2, 0.25) is 0 Å². The number of rotatable bonds is 7. The molecule has 12 heteroatoms. The van der Waals surface area contributed by atoms with Crippen LogP contribution in [0.15, 0.2) is 71.6 Å². The minimum atomic E-state index is -4.73. The second-order valence-electron chi connectivity index (χ2n) is 6.59. The molecule has 0 fully saturated rings. The van der Waals surface area contributed by atoms with Gasteiger partial charge in [0.05, 0.1) is 21.2 Å². The summed E-state index contributed by atoms with van der Waals surface area (Å²) in [6.45, 7) is -0.673. The number of sulfonamides is 1. The molecule has 0 bridgehead atoms. The quantitative estimate of drug-likeness (QED) is 0.412. The van der Waals surface area contributed by atoms with Gasteiger partial charge in [0.15, 0.2) is 6.61 Å². The highest BCUT2D eigenvalue weighted by molar-refractivity contribution is 7.92. The Labute approximate surface area is 197 Å². The van der Waals surface area contributed by atoms with E-state index in [1.807, 2.05) is 0 Å². The summed E-state index contributed by atoms with van der Waals surface area (Å²) < 4.78 is 72.0. The third-order valence-electron chi connectivity index (χ3n) is 4.16. The molecule has 0 aliphatic heterocycles. The van der Waals surface area contributed by atoms with Gasteiger partial charge in [0.1, 0.15) is 5.75 Å². The van der Waals surface area contributed by atoms with Crippen LogP contribution in [-0.2, 0) is 21.0 Å². The molecule has 2 N–H and O–H groups in total. The molecular formula is C21H15Cl2F3N2O4S. The van der Waals surface area contributed by atoms with E-state index in [1.54, 1.807) is 30.3 Å². The Morgan fingerprint density at radius 1 is 0.970 bits per heavy atom. The lowest BCUT2D eigenvalue weighted by molar-refractivity contribution is -0.137. The molecule has 3 aromatic carbocycles. The average molecular weight is 519 g/mol. The molecule has 0 aromatic heterocycles. The maximum absolute atomic E-state index is 13.1. The number of hydrogen-bond acceptors (Lipinski definition) is 4. The number of hydrogen-bond donors (Lipinski definition) is 2. The number of alkyl halides is 3. The predicted octanol–water partition coefficient (Wildman–Crippen LogP) is 5.83. The Morgan fingerprint density at radius 3 is 2.30 bits per heavy atom. The normalized spacial score (nSPS) is 11.7. The van der Waals surface area contributed by atoms with Gasteiger partial charge in [-0.15, -0.1) is 0 Å². The van der Waals surface area contributed by atoms with E-state index in [0.717, 1.165) is 12.1 Å². The molecule has 0 atom stereocenters. The molecule has 174 valence electrons. The van der Waals surface area contributed by atoms with Crippen molar-refractivity contribution >= 4 is 50.5 Å². The van der Waals surface area contributed by atoms with E-state index in [9.17, 15) is 26.4 Å². The Hall–Kier alpha value is -2.95. The van der Waals surface area contributed by atoms with E-state index in [2.05, 4.69) is 10.0 Å². The van der Waals surface area contributed by atoms with E-state index >= 15 is 0 Å². The largest absolute Gasteiger partial charge is 0.482 e. The fourth-order valence-corrected chi connectivity index (χ4v) is 4.23. The predicted molar refractivity (Wildman–Crippen MR) is 119 cm³/mol. The lowest BCUT2D eigenvalue weighted by atomic mass is 10.1. The van der Waals surface area contributed by atoms with Crippen LogP contribution in [0.3, 0.4) is 0 Å². The first-order chi connectivity index (χ1) is 15.5. The minimum Gasteiger partial charge on any atom is -0.482 e. The average Bonchev–Trinajstić information content (AvgIpc) is 2.73. The van der Waals surface area contributed by atoms with Gasteiger partial charge in [0, 0.05) is 10.7 Å². The SMILES string of the molecule is O=C(COc1ccc(S(=O)(=O)Nc2ccccc2)cc1Cl)Nc1ccc(Cl)cc1C(F)(F)F. The summed E-state index contributed by atoms with van der Waals surface area (Å²) in [5.74, 6) is -0.918. The van der Waals surface area contributed by atoms with Gasteiger partial charge < -0.3 is 10.1 Å². The summed E-state index contributed by atoms with van der Waals surface area (Å²) in [6.07, 6.45) is -4.73. The second kappa shape index (κ2) is 9.90. The number of benzene rings is 3. The zero-order valence-electron chi connectivity index (χ0n) is 16.5. The summed E-state index contributed by atoms with van der Waals surface area (Å²) in [4.78, 5) is 12.0. The van der Waals surface area contributed by atoms with Crippen LogP contribution in [0, 0.1) is 0 Å². The van der Waals surface area contributed by atoms with Gasteiger partial charge in [-0.3, -0.25) is 9.52 Å². The minimum absolute atomic E-state index is 0.0300. The Kier molecular flexibility index (Phi) is 7.41. The number of halogens is 5. The fourth-order valence-electron chi connectivity index (χ4n) is 2.68. The van der Waals surface area contributed by atoms with Crippen molar-refractivity contribution < 1.29 is 31.1 Å². The lowest BCUT2D eigenvalue weighted by Crippen LogP contribution is -2.22. The zero-order chi connectivity index (χ0) is 24.2. The van der Waals surface area contributed by atoms with Gasteiger partial charge in [-0.25, -0.2) is 8.42 Å². The van der Waals surface area contributed by atoms with Crippen LogP contribution in [0.2, 0.25) is 10.0 Å².